The number of anilines is 1. The van der Waals surface area contributed by atoms with Crippen molar-refractivity contribution < 1.29 is 9.59 Å². The normalized spacial score (nSPS) is 16.8. The van der Waals surface area contributed by atoms with Gasteiger partial charge in [-0.2, -0.15) is 0 Å². The van der Waals surface area contributed by atoms with Crippen molar-refractivity contribution in [1.82, 2.24) is 24.8 Å². The Morgan fingerprint density at radius 2 is 2.03 bits per heavy atom. The van der Waals surface area contributed by atoms with Crippen molar-refractivity contribution in [2.24, 2.45) is 0 Å². The second-order valence-electron chi connectivity index (χ2n) is 10.5. The van der Waals surface area contributed by atoms with Crippen LogP contribution in [0.2, 0.25) is 5.02 Å². The first-order chi connectivity index (χ1) is 17.6. The molecular formula is C28H35ClN6O2. The molecule has 0 radical (unpaired) electrons. The first-order valence-electron chi connectivity index (χ1n) is 12.7. The van der Waals surface area contributed by atoms with E-state index in [1.165, 1.54) is 0 Å². The van der Waals surface area contributed by atoms with Gasteiger partial charge >= 0.3 is 0 Å². The Bertz CT molecular complexity index is 1310. The molecule has 0 spiro atoms. The van der Waals surface area contributed by atoms with Crippen molar-refractivity contribution in [2.75, 3.05) is 25.0 Å². The fraction of sp³-hybridized carbons (Fsp3) is 0.429. The largest absolute Gasteiger partial charge is 0.337 e. The molecule has 0 aliphatic carbocycles. The van der Waals surface area contributed by atoms with E-state index in [9.17, 15) is 9.59 Å². The first kappa shape index (κ1) is 26.8. The molecule has 1 saturated heterocycles. The molecule has 37 heavy (non-hydrogen) atoms. The molecule has 8 nitrogen and oxygen atoms in total. The molecule has 3 aromatic rings. The van der Waals surface area contributed by atoms with E-state index < -0.39 is 0 Å². The summed E-state index contributed by atoms with van der Waals surface area (Å²) in [5, 5.41) is 6.91. The lowest BCUT2D eigenvalue weighted by atomic mass is 10.1. The van der Waals surface area contributed by atoms with Gasteiger partial charge in [0, 0.05) is 48.7 Å². The van der Waals surface area contributed by atoms with Gasteiger partial charge < -0.3 is 14.8 Å². The summed E-state index contributed by atoms with van der Waals surface area (Å²) in [6, 6.07) is 8.88. The Hall–Kier alpha value is -3.23. The molecule has 4 rings (SSSR count). The van der Waals surface area contributed by atoms with Crippen molar-refractivity contribution in [1.29, 1.82) is 0 Å². The molecule has 1 atom stereocenters. The summed E-state index contributed by atoms with van der Waals surface area (Å²) in [5.74, 6) is 0.136. The van der Waals surface area contributed by atoms with Crippen LogP contribution >= 0.6 is 11.6 Å². The molecule has 0 unspecified atom stereocenters. The third-order valence-electron chi connectivity index (χ3n) is 6.38. The molecule has 0 bridgehead atoms. The van der Waals surface area contributed by atoms with E-state index >= 15 is 0 Å². The van der Waals surface area contributed by atoms with Gasteiger partial charge in [0.1, 0.15) is 0 Å². The number of aromatic nitrogens is 3. The third-order valence-corrected chi connectivity index (χ3v) is 6.68. The molecule has 0 saturated carbocycles. The quantitative estimate of drug-likeness (QED) is 0.437. The SMILES string of the molecule is Cc1cc(C(=O)Nc2nc3cccc(Cl)c3n2[C@@H]2CCCCN(C(=O)/C=C/CNC(C)(C)C)C2)ccn1. The number of pyridine rings is 1. The summed E-state index contributed by atoms with van der Waals surface area (Å²) in [7, 11) is 0. The van der Waals surface area contributed by atoms with E-state index in [-0.39, 0.29) is 23.4 Å². The van der Waals surface area contributed by atoms with Gasteiger partial charge in [0.25, 0.3) is 5.91 Å². The minimum atomic E-state index is -0.269. The number of benzene rings is 1. The number of para-hydroxylation sites is 1. The number of aryl methyl sites for hydroxylation is 1. The maximum Gasteiger partial charge on any atom is 0.258 e. The maximum absolute atomic E-state index is 13.1. The van der Waals surface area contributed by atoms with Crippen molar-refractivity contribution in [3.05, 3.63) is 65.0 Å². The number of halogens is 1. The summed E-state index contributed by atoms with van der Waals surface area (Å²) in [6.07, 6.45) is 7.84. The maximum atomic E-state index is 13.1. The van der Waals surface area contributed by atoms with Crippen LogP contribution in [0.5, 0.6) is 0 Å². The molecule has 196 valence electrons. The van der Waals surface area contributed by atoms with Crippen LogP contribution in [-0.2, 0) is 4.79 Å². The number of nitrogens with zero attached hydrogens (tertiary/aromatic N) is 4. The minimum absolute atomic E-state index is 0.0152. The lowest BCUT2D eigenvalue weighted by molar-refractivity contribution is -0.126. The summed E-state index contributed by atoms with van der Waals surface area (Å²) in [6.45, 7) is 9.93. The number of hydrogen-bond donors (Lipinski definition) is 2. The lowest BCUT2D eigenvalue weighted by Crippen LogP contribution is -2.36. The number of rotatable bonds is 6. The number of carbonyl (C=O) groups excluding carboxylic acids is 2. The lowest BCUT2D eigenvalue weighted by Gasteiger charge is -2.26. The predicted octanol–water partition coefficient (Wildman–Crippen LogP) is 5.14. The van der Waals surface area contributed by atoms with Crippen molar-refractivity contribution >= 4 is 40.4 Å². The van der Waals surface area contributed by atoms with Gasteiger partial charge in [-0.3, -0.25) is 19.9 Å². The molecular weight excluding hydrogens is 488 g/mol. The molecule has 1 aromatic carbocycles. The van der Waals surface area contributed by atoms with Crippen LogP contribution in [0.15, 0.2) is 48.7 Å². The molecule has 2 N–H and O–H groups in total. The predicted molar refractivity (Wildman–Crippen MR) is 148 cm³/mol. The van der Waals surface area contributed by atoms with Crippen LogP contribution in [-0.4, -0.2) is 56.4 Å². The van der Waals surface area contributed by atoms with Gasteiger partial charge in [-0.05, 0) is 71.2 Å². The standard InChI is InChI=1S/C28H35ClN6O2/c1-19-17-20(13-15-30-19)26(37)33-27-32-23-11-7-10-22(29)25(23)35(27)21-9-5-6-16-34(18-21)24(36)12-8-14-31-28(2,3)4/h7-8,10-13,15,17,21,31H,5-6,9,14,16,18H2,1-4H3,(H,32,33,37)/b12-8+/t21-/m1/s1. The van der Waals surface area contributed by atoms with Crippen LogP contribution in [0.3, 0.4) is 0 Å². The van der Waals surface area contributed by atoms with Crippen molar-refractivity contribution in [3.63, 3.8) is 0 Å². The number of nitrogens with one attached hydrogen (secondary N) is 2. The molecule has 1 fully saturated rings. The third kappa shape index (κ3) is 6.76. The van der Waals surface area contributed by atoms with Gasteiger partial charge in [-0.15, -0.1) is 0 Å². The van der Waals surface area contributed by atoms with Gasteiger partial charge in [0.05, 0.1) is 22.1 Å². The Balaban J connectivity index is 1.62. The molecule has 2 aromatic heterocycles. The smallest absolute Gasteiger partial charge is 0.258 e. The summed E-state index contributed by atoms with van der Waals surface area (Å²) in [4.78, 5) is 37.0. The number of likely N-dealkylation sites (tertiary alicyclic amines) is 1. The highest BCUT2D eigenvalue weighted by atomic mass is 35.5. The topological polar surface area (TPSA) is 92.2 Å². The average Bonchev–Trinajstić information content (AvgIpc) is 3.03. The molecule has 1 aliphatic heterocycles. The van der Waals surface area contributed by atoms with Crippen LogP contribution in [0.4, 0.5) is 5.95 Å². The summed E-state index contributed by atoms with van der Waals surface area (Å²) < 4.78 is 2.00. The van der Waals surface area contributed by atoms with Crippen LogP contribution in [0.1, 0.15) is 62.1 Å². The summed E-state index contributed by atoms with van der Waals surface area (Å²) in [5.41, 5.74) is 2.70. The van der Waals surface area contributed by atoms with E-state index in [2.05, 4.69) is 36.4 Å². The molecule has 2 amide bonds. The van der Waals surface area contributed by atoms with E-state index in [1.54, 1.807) is 24.4 Å². The molecule has 1 aliphatic rings. The molecule has 3 heterocycles. The Morgan fingerprint density at radius 3 is 2.78 bits per heavy atom. The number of hydrogen-bond acceptors (Lipinski definition) is 5. The Kier molecular flexibility index (Phi) is 8.29. The van der Waals surface area contributed by atoms with E-state index in [0.717, 1.165) is 30.5 Å². The fourth-order valence-electron chi connectivity index (χ4n) is 4.57. The zero-order valence-corrected chi connectivity index (χ0v) is 22.7. The minimum Gasteiger partial charge on any atom is -0.337 e. The highest BCUT2D eigenvalue weighted by Gasteiger charge is 2.27. The van der Waals surface area contributed by atoms with Crippen molar-refractivity contribution in [3.8, 4) is 0 Å². The van der Waals surface area contributed by atoms with E-state index in [0.29, 0.717) is 41.7 Å². The number of amides is 2. The fourth-order valence-corrected chi connectivity index (χ4v) is 4.83. The summed E-state index contributed by atoms with van der Waals surface area (Å²) >= 11 is 6.65. The van der Waals surface area contributed by atoms with Gasteiger partial charge in [-0.1, -0.05) is 23.7 Å². The van der Waals surface area contributed by atoms with Gasteiger partial charge in [0.2, 0.25) is 11.9 Å². The first-order valence-corrected chi connectivity index (χ1v) is 13.1. The van der Waals surface area contributed by atoms with Crippen LogP contribution in [0.25, 0.3) is 11.0 Å². The van der Waals surface area contributed by atoms with Crippen LogP contribution in [0, 0.1) is 6.92 Å². The zero-order valence-electron chi connectivity index (χ0n) is 21.9. The zero-order chi connectivity index (χ0) is 26.6. The monoisotopic (exact) mass is 522 g/mol. The number of fused-ring (bicyclic) bond motifs is 1. The number of carbonyl (C=O) groups is 2. The van der Waals surface area contributed by atoms with Crippen LogP contribution < -0.4 is 10.6 Å². The average molecular weight is 523 g/mol. The highest BCUT2D eigenvalue weighted by molar-refractivity contribution is 6.35. The second kappa shape index (κ2) is 11.4. The van der Waals surface area contributed by atoms with E-state index in [1.807, 2.05) is 40.7 Å². The van der Waals surface area contributed by atoms with Crippen molar-refractivity contribution in [2.45, 2.75) is 58.5 Å². The van der Waals surface area contributed by atoms with E-state index in [4.69, 9.17) is 16.6 Å². The molecule has 9 heteroatoms. The van der Waals surface area contributed by atoms with Gasteiger partial charge in [-0.25, -0.2) is 4.98 Å². The van der Waals surface area contributed by atoms with Gasteiger partial charge in [0.15, 0.2) is 0 Å². The second-order valence-corrected chi connectivity index (χ2v) is 10.9. The highest BCUT2D eigenvalue weighted by Crippen LogP contribution is 2.34. The Labute approximate surface area is 223 Å². The Morgan fingerprint density at radius 1 is 1.22 bits per heavy atom. The number of imidazole rings is 1.